The standard InChI is InChI=1S/C18H17F3N4/c1-10-5-6-12-11(7-10)3-2-4-14(12)24-16-13-8-15(18(19,20)21)25-17(13)23-9-22-16/h5-9,14H,2-4H2,1H3,(H2,22,23,24,25)/t14-/m1/s1. The first kappa shape index (κ1) is 15.9. The molecule has 0 unspecified atom stereocenters. The van der Waals surface area contributed by atoms with Crippen molar-refractivity contribution in [1.82, 2.24) is 15.0 Å². The topological polar surface area (TPSA) is 53.6 Å². The Bertz CT molecular complexity index is 930. The SMILES string of the molecule is Cc1ccc2c(c1)CCC[C@H]2Nc1ncnc2[nH]c(C(F)(F)F)cc12. The normalized spacial score (nSPS) is 17.5. The summed E-state index contributed by atoms with van der Waals surface area (Å²) < 4.78 is 38.9. The highest BCUT2D eigenvalue weighted by Crippen LogP contribution is 2.36. The lowest BCUT2D eigenvalue weighted by molar-refractivity contribution is -0.140. The van der Waals surface area contributed by atoms with Gasteiger partial charge in [0.15, 0.2) is 0 Å². The molecule has 0 bridgehead atoms. The van der Waals surface area contributed by atoms with E-state index in [0.29, 0.717) is 11.2 Å². The van der Waals surface area contributed by atoms with E-state index in [9.17, 15) is 13.2 Å². The molecule has 2 N–H and O–H groups in total. The number of hydrogen-bond acceptors (Lipinski definition) is 3. The molecular weight excluding hydrogens is 329 g/mol. The number of aromatic nitrogens is 3. The van der Waals surface area contributed by atoms with Crippen LogP contribution in [0.2, 0.25) is 0 Å². The quantitative estimate of drug-likeness (QED) is 0.702. The van der Waals surface area contributed by atoms with Crippen molar-refractivity contribution >= 4 is 16.9 Å². The lowest BCUT2D eigenvalue weighted by Crippen LogP contribution is -2.18. The number of nitrogens with one attached hydrogen (secondary N) is 2. The highest BCUT2D eigenvalue weighted by molar-refractivity contribution is 5.88. The number of aryl methyl sites for hydroxylation is 2. The number of H-pyrrole nitrogens is 1. The summed E-state index contributed by atoms with van der Waals surface area (Å²) in [6.45, 7) is 2.06. The number of hydrogen-bond donors (Lipinski definition) is 2. The molecule has 1 aliphatic rings. The molecule has 3 aromatic rings. The van der Waals surface area contributed by atoms with Gasteiger partial charge in [0.25, 0.3) is 0 Å². The minimum absolute atomic E-state index is 0.0340. The van der Waals surface area contributed by atoms with Crippen LogP contribution in [0.1, 0.15) is 41.3 Å². The first-order valence-corrected chi connectivity index (χ1v) is 8.19. The van der Waals surface area contributed by atoms with Crippen molar-refractivity contribution < 1.29 is 13.2 Å². The summed E-state index contributed by atoms with van der Waals surface area (Å²) in [4.78, 5) is 10.4. The van der Waals surface area contributed by atoms with Gasteiger partial charge in [0, 0.05) is 0 Å². The number of nitrogens with zero attached hydrogens (tertiary/aromatic N) is 2. The van der Waals surface area contributed by atoms with Gasteiger partial charge in [0.05, 0.1) is 11.4 Å². The maximum atomic E-state index is 13.0. The van der Waals surface area contributed by atoms with Crippen LogP contribution < -0.4 is 5.32 Å². The number of aromatic amines is 1. The third-order valence-electron chi connectivity index (χ3n) is 4.65. The van der Waals surface area contributed by atoms with E-state index in [0.717, 1.165) is 25.3 Å². The molecule has 1 atom stereocenters. The molecule has 0 spiro atoms. The van der Waals surface area contributed by atoms with E-state index < -0.39 is 11.9 Å². The number of anilines is 1. The van der Waals surface area contributed by atoms with Crippen LogP contribution in [-0.4, -0.2) is 15.0 Å². The van der Waals surface area contributed by atoms with E-state index in [2.05, 4.69) is 45.4 Å². The van der Waals surface area contributed by atoms with Gasteiger partial charge in [-0.15, -0.1) is 0 Å². The van der Waals surface area contributed by atoms with Crippen molar-refractivity contribution in [2.75, 3.05) is 5.32 Å². The number of benzene rings is 1. The Morgan fingerprint density at radius 2 is 2.04 bits per heavy atom. The zero-order valence-corrected chi connectivity index (χ0v) is 13.6. The Morgan fingerprint density at radius 3 is 2.84 bits per heavy atom. The molecule has 1 aliphatic carbocycles. The predicted molar refractivity (Wildman–Crippen MR) is 89.4 cm³/mol. The summed E-state index contributed by atoms with van der Waals surface area (Å²) in [7, 11) is 0. The molecule has 4 nitrogen and oxygen atoms in total. The summed E-state index contributed by atoms with van der Waals surface area (Å²) in [5.74, 6) is 0.426. The van der Waals surface area contributed by atoms with Gasteiger partial charge in [0.1, 0.15) is 23.5 Å². The zero-order chi connectivity index (χ0) is 17.6. The summed E-state index contributed by atoms with van der Waals surface area (Å²) in [6, 6.07) is 7.43. The monoisotopic (exact) mass is 346 g/mol. The molecule has 4 rings (SSSR count). The van der Waals surface area contributed by atoms with Crippen molar-refractivity contribution in [2.45, 2.75) is 38.4 Å². The zero-order valence-electron chi connectivity index (χ0n) is 13.6. The van der Waals surface area contributed by atoms with E-state index in [1.54, 1.807) is 0 Å². The second kappa shape index (κ2) is 5.75. The molecule has 1 aromatic carbocycles. The second-order valence-corrected chi connectivity index (χ2v) is 6.46. The number of halogens is 3. The van der Waals surface area contributed by atoms with E-state index in [1.807, 2.05) is 0 Å². The molecule has 0 radical (unpaired) electrons. The summed E-state index contributed by atoms with van der Waals surface area (Å²) in [6.07, 6.45) is -0.189. The molecule has 0 saturated carbocycles. The molecule has 2 heterocycles. The number of rotatable bonds is 2. The van der Waals surface area contributed by atoms with Crippen LogP contribution in [0.25, 0.3) is 11.0 Å². The van der Waals surface area contributed by atoms with Gasteiger partial charge in [-0.2, -0.15) is 13.2 Å². The molecule has 0 aliphatic heterocycles. The first-order valence-electron chi connectivity index (χ1n) is 8.19. The van der Waals surface area contributed by atoms with Crippen LogP contribution >= 0.6 is 0 Å². The van der Waals surface area contributed by atoms with Gasteiger partial charge >= 0.3 is 6.18 Å². The minimum atomic E-state index is -4.44. The third-order valence-corrected chi connectivity index (χ3v) is 4.65. The van der Waals surface area contributed by atoms with Crippen LogP contribution in [0.15, 0.2) is 30.6 Å². The fourth-order valence-electron chi connectivity index (χ4n) is 3.47. The fraction of sp³-hybridized carbons (Fsp3) is 0.333. The van der Waals surface area contributed by atoms with Crippen LogP contribution in [0.4, 0.5) is 19.0 Å². The predicted octanol–water partition coefficient (Wildman–Crippen LogP) is 4.77. The smallest absolute Gasteiger partial charge is 0.363 e. The van der Waals surface area contributed by atoms with Crippen LogP contribution in [0, 0.1) is 6.92 Å². The Hall–Kier alpha value is -2.57. The van der Waals surface area contributed by atoms with Gasteiger partial charge in [-0.05, 0) is 43.4 Å². The van der Waals surface area contributed by atoms with Gasteiger partial charge in [0.2, 0.25) is 0 Å². The highest BCUT2D eigenvalue weighted by Gasteiger charge is 2.33. The lowest BCUT2D eigenvalue weighted by atomic mass is 9.86. The van der Waals surface area contributed by atoms with E-state index >= 15 is 0 Å². The van der Waals surface area contributed by atoms with Crippen molar-refractivity contribution in [3.8, 4) is 0 Å². The Morgan fingerprint density at radius 1 is 1.20 bits per heavy atom. The summed E-state index contributed by atoms with van der Waals surface area (Å²) in [5.41, 5.74) is 3.06. The molecule has 0 saturated heterocycles. The van der Waals surface area contributed by atoms with Gasteiger partial charge < -0.3 is 10.3 Å². The van der Waals surface area contributed by atoms with Gasteiger partial charge in [-0.1, -0.05) is 23.8 Å². The molecule has 0 amide bonds. The molecule has 2 aromatic heterocycles. The largest absolute Gasteiger partial charge is 0.431 e. The van der Waals surface area contributed by atoms with Crippen molar-refractivity contribution in [3.05, 3.63) is 53.0 Å². The average Bonchev–Trinajstić information content (AvgIpc) is 3.00. The van der Waals surface area contributed by atoms with E-state index in [-0.39, 0.29) is 11.7 Å². The van der Waals surface area contributed by atoms with Crippen molar-refractivity contribution in [2.24, 2.45) is 0 Å². The van der Waals surface area contributed by atoms with Crippen LogP contribution in [-0.2, 0) is 12.6 Å². The van der Waals surface area contributed by atoms with Crippen molar-refractivity contribution in [1.29, 1.82) is 0 Å². The summed E-state index contributed by atoms with van der Waals surface area (Å²) in [5, 5.41) is 3.68. The van der Waals surface area contributed by atoms with Crippen molar-refractivity contribution in [3.63, 3.8) is 0 Å². The third kappa shape index (κ3) is 2.94. The van der Waals surface area contributed by atoms with Gasteiger partial charge in [-0.3, -0.25) is 0 Å². The second-order valence-electron chi connectivity index (χ2n) is 6.46. The van der Waals surface area contributed by atoms with E-state index in [4.69, 9.17) is 0 Å². The van der Waals surface area contributed by atoms with Crippen LogP contribution in [0.3, 0.4) is 0 Å². The van der Waals surface area contributed by atoms with E-state index in [1.165, 1.54) is 23.0 Å². The Kier molecular flexibility index (Phi) is 3.67. The maximum Gasteiger partial charge on any atom is 0.431 e. The van der Waals surface area contributed by atoms with Gasteiger partial charge in [-0.25, -0.2) is 9.97 Å². The summed E-state index contributed by atoms with van der Waals surface area (Å²) >= 11 is 0. The molecule has 130 valence electrons. The molecular formula is C18H17F3N4. The first-order chi connectivity index (χ1) is 11.9. The number of alkyl halides is 3. The lowest BCUT2D eigenvalue weighted by Gasteiger charge is -2.27. The highest BCUT2D eigenvalue weighted by atomic mass is 19.4. The molecule has 0 fully saturated rings. The Labute approximate surface area is 142 Å². The fourth-order valence-corrected chi connectivity index (χ4v) is 3.47. The number of fused-ring (bicyclic) bond motifs is 2. The van der Waals surface area contributed by atoms with Crippen LogP contribution in [0.5, 0.6) is 0 Å². The molecule has 25 heavy (non-hydrogen) atoms. The maximum absolute atomic E-state index is 13.0. The Balaban J connectivity index is 1.71. The average molecular weight is 346 g/mol. The molecule has 7 heteroatoms. The minimum Gasteiger partial charge on any atom is -0.363 e.